The highest BCUT2D eigenvalue weighted by Gasteiger charge is 2.45. The van der Waals surface area contributed by atoms with Crippen LogP contribution in [-0.2, 0) is 16.1 Å². The minimum Gasteiger partial charge on any atom is -0.372 e. The van der Waals surface area contributed by atoms with Gasteiger partial charge in [0.25, 0.3) is 0 Å². The number of piperidine rings is 1. The summed E-state index contributed by atoms with van der Waals surface area (Å²) in [6.07, 6.45) is 6.91. The summed E-state index contributed by atoms with van der Waals surface area (Å²) in [7, 11) is 0. The maximum Gasteiger partial charge on any atom is 0.223 e. The van der Waals surface area contributed by atoms with Crippen LogP contribution in [0.4, 0.5) is 0 Å². The summed E-state index contributed by atoms with van der Waals surface area (Å²) < 4.78 is 5.71. The molecular formula is C23H39N3O2S. The molecule has 2 aliphatic rings. The third-order valence-electron chi connectivity index (χ3n) is 6.90. The first kappa shape index (κ1) is 22.7. The predicted molar refractivity (Wildman–Crippen MR) is 119 cm³/mol. The molecule has 0 spiro atoms. The van der Waals surface area contributed by atoms with Crippen LogP contribution in [0.25, 0.3) is 0 Å². The Balaban J connectivity index is 1.71. The average Bonchev–Trinajstić information content (AvgIpc) is 3.18. The molecule has 0 bridgehead atoms. The number of hydrogen-bond acceptors (Lipinski definition) is 5. The van der Waals surface area contributed by atoms with Gasteiger partial charge in [-0.05, 0) is 59.3 Å². The molecule has 1 aromatic heterocycles. The zero-order chi connectivity index (χ0) is 21.0. The van der Waals surface area contributed by atoms with E-state index in [9.17, 15) is 4.79 Å². The highest BCUT2D eigenvalue weighted by molar-refractivity contribution is 7.09. The number of hydrogen-bond donors (Lipinski definition) is 1. The van der Waals surface area contributed by atoms with E-state index < -0.39 is 0 Å². The quantitative estimate of drug-likeness (QED) is 0.647. The van der Waals surface area contributed by atoms with Gasteiger partial charge in [-0.25, -0.2) is 4.98 Å². The van der Waals surface area contributed by atoms with Crippen molar-refractivity contribution in [2.75, 3.05) is 6.61 Å². The first-order valence-corrected chi connectivity index (χ1v) is 12.4. The Labute approximate surface area is 180 Å². The smallest absolute Gasteiger partial charge is 0.223 e. The van der Waals surface area contributed by atoms with Crippen LogP contribution in [0.15, 0.2) is 5.38 Å². The van der Waals surface area contributed by atoms with Crippen molar-refractivity contribution in [2.45, 2.75) is 104 Å². The summed E-state index contributed by atoms with van der Waals surface area (Å²) in [5.41, 5.74) is 1.15. The molecular weight excluding hydrogens is 382 g/mol. The van der Waals surface area contributed by atoms with Crippen molar-refractivity contribution in [3.63, 3.8) is 0 Å². The minimum absolute atomic E-state index is 0.0635. The van der Waals surface area contributed by atoms with Crippen LogP contribution in [0.1, 0.15) is 89.9 Å². The van der Waals surface area contributed by atoms with E-state index in [1.54, 1.807) is 11.3 Å². The molecule has 164 valence electrons. The first-order valence-electron chi connectivity index (χ1n) is 11.6. The Kier molecular flexibility index (Phi) is 8.11. The summed E-state index contributed by atoms with van der Waals surface area (Å²) in [6, 6.07) is 1.16. The Hall–Kier alpha value is -0.980. The fourth-order valence-corrected chi connectivity index (χ4v) is 5.96. The van der Waals surface area contributed by atoms with Crippen molar-refractivity contribution in [1.29, 1.82) is 0 Å². The molecule has 5 nitrogen and oxygen atoms in total. The van der Waals surface area contributed by atoms with Crippen molar-refractivity contribution in [1.82, 2.24) is 15.2 Å². The third-order valence-corrected chi connectivity index (χ3v) is 7.96. The van der Waals surface area contributed by atoms with E-state index in [-0.39, 0.29) is 24.0 Å². The normalized spacial score (nSPS) is 29.8. The number of fused-ring (bicyclic) bond motifs is 1. The second-order valence-corrected chi connectivity index (χ2v) is 9.86. The minimum atomic E-state index is 0.0635. The number of aromatic nitrogens is 1. The Morgan fingerprint density at radius 1 is 1.34 bits per heavy atom. The van der Waals surface area contributed by atoms with Crippen LogP contribution in [-0.4, -0.2) is 40.5 Å². The summed E-state index contributed by atoms with van der Waals surface area (Å²) in [5, 5.41) is 6.52. The molecule has 1 aliphatic heterocycles. The number of nitrogens with zero attached hydrogens (tertiary/aromatic N) is 2. The van der Waals surface area contributed by atoms with Crippen molar-refractivity contribution in [2.24, 2.45) is 11.8 Å². The van der Waals surface area contributed by atoms with Gasteiger partial charge < -0.3 is 10.1 Å². The lowest BCUT2D eigenvalue weighted by Gasteiger charge is -2.50. The van der Waals surface area contributed by atoms with Gasteiger partial charge in [-0.3, -0.25) is 9.69 Å². The van der Waals surface area contributed by atoms with Crippen molar-refractivity contribution in [3.05, 3.63) is 16.1 Å². The maximum absolute atomic E-state index is 13.0. The first-order chi connectivity index (χ1) is 13.9. The fraction of sp³-hybridized carbons (Fsp3) is 0.826. The van der Waals surface area contributed by atoms with Gasteiger partial charge >= 0.3 is 0 Å². The van der Waals surface area contributed by atoms with Crippen LogP contribution >= 0.6 is 11.3 Å². The summed E-state index contributed by atoms with van der Waals surface area (Å²) in [6.45, 7) is 12.2. The zero-order valence-corrected chi connectivity index (χ0v) is 19.6. The summed E-state index contributed by atoms with van der Waals surface area (Å²) >= 11 is 1.70. The molecule has 6 heteroatoms. The number of rotatable bonds is 8. The van der Waals surface area contributed by atoms with Gasteiger partial charge in [0.1, 0.15) is 11.1 Å². The number of amides is 1. The van der Waals surface area contributed by atoms with Crippen molar-refractivity contribution < 1.29 is 9.53 Å². The lowest BCUT2D eigenvalue weighted by Crippen LogP contribution is -2.57. The van der Waals surface area contributed by atoms with E-state index in [1.807, 2.05) is 6.92 Å². The lowest BCUT2D eigenvalue weighted by molar-refractivity contribution is -0.134. The van der Waals surface area contributed by atoms with E-state index >= 15 is 0 Å². The number of likely N-dealkylation sites (tertiary alicyclic amines) is 1. The molecule has 2 heterocycles. The van der Waals surface area contributed by atoms with Crippen LogP contribution in [0.5, 0.6) is 0 Å². The largest absolute Gasteiger partial charge is 0.372 e. The van der Waals surface area contributed by atoms with E-state index in [0.29, 0.717) is 24.6 Å². The molecule has 3 rings (SSSR count). The topological polar surface area (TPSA) is 54.5 Å². The standard InChI is InChI=1S/C23H39N3O2S/c1-6-15(3)24-22(27)20-12-16(4)26(21-11-9-8-10-19(20)21)13-18-14-29-23(25-18)17(5)28-7-2/h14-17,19-21H,6-13H2,1-5H3,(H,24,27)/t15-,16-,17-,19+,20+,21+/m1/s1. The molecule has 0 aromatic carbocycles. The highest BCUT2D eigenvalue weighted by Crippen LogP contribution is 2.42. The SMILES string of the molecule is CCO[C@H](C)c1nc(CN2[C@H](C)C[C@H](C(=O)N[C@H](C)CC)[C@@H]3CCCC[C@@H]32)cs1. The molecule has 0 radical (unpaired) electrons. The molecule has 1 amide bonds. The molecule has 2 fully saturated rings. The lowest BCUT2D eigenvalue weighted by atomic mass is 9.69. The molecule has 29 heavy (non-hydrogen) atoms. The molecule has 1 aromatic rings. The molecule has 1 aliphatic carbocycles. The number of nitrogens with one attached hydrogen (secondary N) is 1. The van der Waals surface area contributed by atoms with Gasteiger partial charge in [0, 0.05) is 42.6 Å². The molecule has 6 atom stereocenters. The average molecular weight is 422 g/mol. The summed E-state index contributed by atoms with van der Waals surface area (Å²) in [5.74, 6) is 0.915. The van der Waals surface area contributed by atoms with Gasteiger partial charge in [0.05, 0.1) is 5.69 Å². The number of carbonyl (C=O) groups is 1. The molecule has 1 saturated heterocycles. The van der Waals surface area contributed by atoms with Crippen LogP contribution in [0.2, 0.25) is 0 Å². The Bertz CT molecular complexity index is 664. The van der Waals surface area contributed by atoms with Gasteiger partial charge in [-0.1, -0.05) is 19.8 Å². The van der Waals surface area contributed by atoms with Gasteiger partial charge in [-0.2, -0.15) is 0 Å². The molecule has 0 unspecified atom stereocenters. The van der Waals surface area contributed by atoms with Crippen LogP contribution in [0, 0.1) is 11.8 Å². The fourth-order valence-electron chi connectivity index (χ4n) is 5.14. The van der Waals surface area contributed by atoms with E-state index in [2.05, 4.69) is 43.3 Å². The van der Waals surface area contributed by atoms with E-state index in [4.69, 9.17) is 9.72 Å². The second-order valence-electron chi connectivity index (χ2n) is 8.97. The number of thiazole rings is 1. The molecule has 1 N–H and O–H groups in total. The van der Waals surface area contributed by atoms with Gasteiger partial charge in [0.2, 0.25) is 5.91 Å². The Morgan fingerprint density at radius 3 is 2.83 bits per heavy atom. The maximum atomic E-state index is 13.0. The highest BCUT2D eigenvalue weighted by atomic mass is 32.1. The third kappa shape index (κ3) is 5.39. The van der Waals surface area contributed by atoms with Crippen molar-refractivity contribution >= 4 is 17.2 Å². The monoisotopic (exact) mass is 421 g/mol. The Morgan fingerprint density at radius 2 is 2.10 bits per heavy atom. The van der Waals surface area contributed by atoms with E-state index in [1.165, 1.54) is 25.7 Å². The second kappa shape index (κ2) is 10.4. The number of ether oxygens (including phenoxy) is 1. The zero-order valence-electron chi connectivity index (χ0n) is 18.8. The van der Waals surface area contributed by atoms with Crippen LogP contribution in [0.3, 0.4) is 0 Å². The van der Waals surface area contributed by atoms with Crippen molar-refractivity contribution in [3.8, 4) is 0 Å². The van der Waals surface area contributed by atoms with Gasteiger partial charge in [0.15, 0.2) is 0 Å². The van der Waals surface area contributed by atoms with Crippen LogP contribution < -0.4 is 5.32 Å². The van der Waals surface area contributed by atoms with Gasteiger partial charge in [-0.15, -0.1) is 11.3 Å². The number of carbonyl (C=O) groups excluding carboxylic acids is 1. The predicted octanol–water partition coefficient (Wildman–Crippen LogP) is 4.92. The van der Waals surface area contributed by atoms with E-state index in [0.717, 1.165) is 30.1 Å². The summed E-state index contributed by atoms with van der Waals surface area (Å²) in [4.78, 5) is 20.5. The molecule has 1 saturated carbocycles.